The van der Waals surface area contributed by atoms with Gasteiger partial charge in [-0.1, -0.05) is 26.2 Å². The summed E-state index contributed by atoms with van der Waals surface area (Å²) in [5.41, 5.74) is 1.17. The van der Waals surface area contributed by atoms with Crippen molar-refractivity contribution in [2.45, 2.75) is 44.8 Å². The van der Waals surface area contributed by atoms with Gasteiger partial charge in [0.25, 0.3) is 5.91 Å². The number of benzene rings is 1. The second-order valence-electron chi connectivity index (χ2n) is 8.62. The topological polar surface area (TPSA) is 80.7 Å². The molecule has 3 aliphatic rings. The van der Waals surface area contributed by atoms with E-state index in [1.54, 1.807) is 19.1 Å². The number of piperazine rings is 1. The number of hydrogen-bond donors (Lipinski definition) is 1. The predicted octanol–water partition coefficient (Wildman–Crippen LogP) is 1.95. The largest absolute Gasteiger partial charge is 0.497 e. The lowest BCUT2D eigenvalue weighted by Crippen LogP contribution is -2.64. The van der Waals surface area contributed by atoms with E-state index < -0.39 is 12.2 Å². The van der Waals surface area contributed by atoms with Gasteiger partial charge in [-0.25, -0.2) is 9.79 Å². The van der Waals surface area contributed by atoms with E-state index in [-0.39, 0.29) is 11.9 Å². The van der Waals surface area contributed by atoms with Gasteiger partial charge < -0.3 is 24.3 Å². The maximum atomic E-state index is 12.7. The summed E-state index contributed by atoms with van der Waals surface area (Å²) in [5.74, 6) is 1.46. The highest BCUT2D eigenvalue weighted by atomic mass is 16.5. The number of unbranched alkanes of at least 4 members (excludes halogenated alkanes) is 3. The number of carbonyl (C=O) groups excluding carboxylic acids is 2. The predicted molar refractivity (Wildman–Crippen MR) is 124 cm³/mol. The minimum absolute atomic E-state index is 0.246. The van der Waals surface area contributed by atoms with Crippen molar-refractivity contribution in [3.63, 3.8) is 0 Å². The number of nitrogens with zero attached hydrogens (tertiary/aromatic N) is 5. The number of rotatable bonds is 7. The summed E-state index contributed by atoms with van der Waals surface area (Å²) in [7, 11) is 3.38. The number of fused-ring (bicyclic) bond motifs is 1. The van der Waals surface area contributed by atoms with E-state index in [9.17, 15) is 9.59 Å². The number of guanidine groups is 1. The standard InChI is InChI=1S/C23H34N6O3/c1-4-5-6-7-12-29-19-20(26(2)23(31)25-21(19)30)24-22(29)28-15-13-27(14-16-28)17-8-10-18(32-3)11-9-17/h8-11,19-20H,4-7,12-16H2,1-3H3,(H,25,30,31). The van der Waals surface area contributed by atoms with E-state index in [1.165, 1.54) is 12.1 Å². The Kier molecular flexibility index (Phi) is 6.72. The minimum Gasteiger partial charge on any atom is -0.497 e. The molecule has 9 nitrogen and oxygen atoms in total. The van der Waals surface area contributed by atoms with Crippen LogP contribution >= 0.6 is 0 Å². The molecular formula is C23H34N6O3. The van der Waals surface area contributed by atoms with Gasteiger partial charge in [0, 0.05) is 45.5 Å². The van der Waals surface area contributed by atoms with Crippen LogP contribution in [0.5, 0.6) is 5.75 Å². The van der Waals surface area contributed by atoms with E-state index in [1.807, 2.05) is 12.1 Å². The van der Waals surface area contributed by atoms with Crippen molar-refractivity contribution in [1.29, 1.82) is 0 Å². The van der Waals surface area contributed by atoms with Crippen LogP contribution in [-0.4, -0.2) is 91.7 Å². The molecule has 1 N–H and O–H groups in total. The number of hydrogen-bond acceptors (Lipinski definition) is 7. The molecule has 2 unspecified atom stereocenters. The van der Waals surface area contributed by atoms with E-state index in [2.05, 4.69) is 39.1 Å². The average Bonchev–Trinajstić information content (AvgIpc) is 3.21. The van der Waals surface area contributed by atoms with Crippen molar-refractivity contribution >= 4 is 23.6 Å². The molecule has 3 heterocycles. The molecule has 4 rings (SSSR count). The maximum absolute atomic E-state index is 12.7. The Morgan fingerprint density at radius 1 is 1.03 bits per heavy atom. The number of likely N-dealkylation sites (N-methyl/N-ethyl adjacent to an activating group) is 1. The van der Waals surface area contributed by atoms with Crippen LogP contribution in [0.2, 0.25) is 0 Å². The molecule has 32 heavy (non-hydrogen) atoms. The van der Waals surface area contributed by atoms with Gasteiger partial charge in [-0.05, 0) is 30.7 Å². The molecule has 2 fully saturated rings. The zero-order chi connectivity index (χ0) is 22.7. The van der Waals surface area contributed by atoms with Gasteiger partial charge in [0.05, 0.1) is 7.11 Å². The highest BCUT2D eigenvalue weighted by Crippen LogP contribution is 2.27. The Morgan fingerprint density at radius 3 is 2.38 bits per heavy atom. The molecule has 0 aromatic heterocycles. The van der Waals surface area contributed by atoms with Crippen LogP contribution in [0.4, 0.5) is 10.5 Å². The van der Waals surface area contributed by atoms with E-state index in [4.69, 9.17) is 9.73 Å². The Hall–Kier alpha value is -2.97. The third-order valence-corrected chi connectivity index (χ3v) is 6.59. The van der Waals surface area contributed by atoms with Gasteiger partial charge in [-0.3, -0.25) is 10.1 Å². The molecule has 0 saturated carbocycles. The summed E-state index contributed by atoms with van der Waals surface area (Å²) in [6.07, 6.45) is 4.01. The number of imide groups is 1. The fraction of sp³-hybridized carbons (Fsp3) is 0.609. The molecule has 0 radical (unpaired) electrons. The lowest BCUT2D eigenvalue weighted by atomic mass is 10.1. The van der Waals surface area contributed by atoms with Crippen LogP contribution < -0.4 is 15.0 Å². The SMILES string of the molecule is CCCCCCN1C(N2CCN(c3ccc(OC)cc3)CC2)=NC2C1C(=O)NC(=O)N2C. The molecular weight excluding hydrogens is 408 g/mol. The Labute approximate surface area is 190 Å². The number of nitrogens with one attached hydrogen (secondary N) is 1. The van der Waals surface area contributed by atoms with Crippen LogP contribution in [0, 0.1) is 0 Å². The highest BCUT2D eigenvalue weighted by Gasteiger charge is 2.49. The van der Waals surface area contributed by atoms with Crippen molar-refractivity contribution in [2.75, 3.05) is 51.8 Å². The first kappa shape index (κ1) is 22.2. The normalized spacial score (nSPS) is 23.3. The molecule has 1 aromatic carbocycles. The number of aliphatic imine (C=N–C) groups is 1. The molecule has 2 saturated heterocycles. The smallest absolute Gasteiger partial charge is 0.325 e. The lowest BCUT2D eigenvalue weighted by molar-refractivity contribution is -0.127. The second-order valence-corrected chi connectivity index (χ2v) is 8.62. The molecule has 9 heteroatoms. The summed E-state index contributed by atoms with van der Waals surface area (Å²) in [6.45, 7) is 6.32. The zero-order valence-corrected chi connectivity index (χ0v) is 19.3. The fourth-order valence-electron chi connectivity index (χ4n) is 4.68. The van der Waals surface area contributed by atoms with Crippen molar-refractivity contribution in [1.82, 2.24) is 20.0 Å². The third kappa shape index (κ3) is 4.33. The molecule has 1 aromatic rings. The summed E-state index contributed by atoms with van der Waals surface area (Å²) >= 11 is 0. The minimum atomic E-state index is -0.461. The van der Waals surface area contributed by atoms with Crippen molar-refractivity contribution in [3.05, 3.63) is 24.3 Å². The van der Waals surface area contributed by atoms with Gasteiger partial charge in [-0.2, -0.15) is 0 Å². The summed E-state index contributed by atoms with van der Waals surface area (Å²) < 4.78 is 5.26. The highest BCUT2D eigenvalue weighted by molar-refractivity contribution is 6.03. The number of ether oxygens (including phenoxy) is 1. The number of amides is 3. The number of anilines is 1. The number of carbonyl (C=O) groups is 2. The molecule has 0 aliphatic carbocycles. The van der Waals surface area contributed by atoms with E-state index >= 15 is 0 Å². The zero-order valence-electron chi connectivity index (χ0n) is 19.3. The van der Waals surface area contributed by atoms with Gasteiger partial charge >= 0.3 is 6.03 Å². The summed E-state index contributed by atoms with van der Waals surface area (Å²) in [5, 5.41) is 2.49. The van der Waals surface area contributed by atoms with Crippen LogP contribution in [0.3, 0.4) is 0 Å². The third-order valence-electron chi connectivity index (χ3n) is 6.59. The van der Waals surface area contributed by atoms with Crippen LogP contribution in [0.15, 0.2) is 29.3 Å². The first-order valence-electron chi connectivity index (χ1n) is 11.6. The van der Waals surface area contributed by atoms with Gasteiger partial charge in [-0.15, -0.1) is 0 Å². The summed E-state index contributed by atoms with van der Waals surface area (Å²) in [6, 6.07) is 7.31. The average molecular weight is 443 g/mol. The lowest BCUT2D eigenvalue weighted by Gasteiger charge is -2.41. The van der Waals surface area contributed by atoms with Crippen molar-refractivity contribution in [2.24, 2.45) is 4.99 Å². The van der Waals surface area contributed by atoms with Gasteiger partial charge in [0.15, 0.2) is 18.2 Å². The quantitative estimate of drug-likeness (QED) is 0.650. The van der Waals surface area contributed by atoms with Gasteiger partial charge in [0.2, 0.25) is 0 Å². The molecule has 174 valence electrons. The molecule has 0 bridgehead atoms. The monoisotopic (exact) mass is 442 g/mol. The van der Waals surface area contributed by atoms with Crippen LogP contribution in [-0.2, 0) is 4.79 Å². The number of methoxy groups -OCH3 is 1. The molecule has 2 atom stereocenters. The van der Waals surface area contributed by atoms with Gasteiger partial charge in [0.1, 0.15) is 5.75 Å². The molecule has 3 amide bonds. The fourth-order valence-corrected chi connectivity index (χ4v) is 4.68. The van der Waals surface area contributed by atoms with Crippen molar-refractivity contribution < 1.29 is 14.3 Å². The molecule has 3 aliphatic heterocycles. The Morgan fingerprint density at radius 2 is 1.72 bits per heavy atom. The molecule has 0 spiro atoms. The number of urea groups is 1. The first-order valence-corrected chi connectivity index (χ1v) is 11.6. The summed E-state index contributed by atoms with van der Waals surface area (Å²) in [4.78, 5) is 38.1. The second kappa shape index (κ2) is 9.67. The Balaban J connectivity index is 1.47. The Bertz CT molecular complexity index is 850. The van der Waals surface area contributed by atoms with E-state index in [0.717, 1.165) is 63.7 Å². The van der Waals surface area contributed by atoms with Crippen LogP contribution in [0.1, 0.15) is 32.6 Å². The van der Waals surface area contributed by atoms with Crippen molar-refractivity contribution in [3.8, 4) is 5.75 Å². The first-order chi connectivity index (χ1) is 15.5. The maximum Gasteiger partial charge on any atom is 0.325 e. The van der Waals surface area contributed by atoms with E-state index in [0.29, 0.717) is 0 Å². The van der Waals surface area contributed by atoms with Crippen LogP contribution in [0.25, 0.3) is 0 Å².